The van der Waals surface area contributed by atoms with Crippen LogP contribution in [-0.2, 0) is 4.79 Å². The summed E-state index contributed by atoms with van der Waals surface area (Å²) in [5.41, 5.74) is 0.701. The normalized spacial score (nSPS) is 21.2. The first-order valence-corrected chi connectivity index (χ1v) is 9.34. The van der Waals surface area contributed by atoms with Crippen LogP contribution in [0.15, 0.2) is 24.3 Å². The number of ether oxygens (including phenoxy) is 1. The van der Waals surface area contributed by atoms with Crippen LogP contribution in [0.5, 0.6) is 5.75 Å². The highest BCUT2D eigenvalue weighted by Crippen LogP contribution is 2.24. The molecule has 25 heavy (non-hydrogen) atoms. The lowest BCUT2D eigenvalue weighted by atomic mass is 9.90. The van der Waals surface area contributed by atoms with Crippen molar-refractivity contribution in [3.63, 3.8) is 0 Å². The molecule has 1 aliphatic carbocycles. The van der Waals surface area contributed by atoms with E-state index in [0.29, 0.717) is 24.7 Å². The zero-order chi connectivity index (χ0) is 17.8. The Labute approximate surface area is 149 Å². The van der Waals surface area contributed by atoms with Crippen LogP contribution in [0.2, 0.25) is 0 Å². The first kappa shape index (κ1) is 17.9. The van der Waals surface area contributed by atoms with E-state index >= 15 is 0 Å². The van der Waals surface area contributed by atoms with Gasteiger partial charge < -0.3 is 10.1 Å². The zero-order valence-corrected chi connectivity index (χ0v) is 15.2. The first-order valence-electron chi connectivity index (χ1n) is 9.34. The number of amides is 1. The molecule has 1 amide bonds. The van der Waals surface area contributed by atoms with Gasteiger partial charge in [-0.1, -0.05) is 12.1 Å². The van der Waals surface area contributed by atoms with Crippen molar-refractivity contribution in [3.05, 3.63) is 29.8 Å². The predicted molar refractivity (Wildman–Crippen MR) is 96.9 cm³/mol. The highest BCUT2D eigenvalue weighted by molar-refractivity contribution is 5.98. The molecule has 0 aromatic heterocycles. The van der Waals surface area contributed by atoms with Gasteiger partial charge >= 0.3 is 0 Å². The number of ketones is 1. The van der Waals surface area contributed by atoms with E-state index in [1.165, 1.54) is 0 Å². The fourth-order valence-electron chi connectivity index (χ4n) is 3.35. The minimum Gasteiger partial charge on any atom is -0.491 e. The van der Waals surface area contributed by atoms with E-state index in [1.54, 1.807) is 0 Å². The second kappa shape index (κ2) is 8.00. The number of carbonyl (C=O) groups is 2. The van der Waals surface area contributed by atoms with Crippen molar-refractivity contribution in [1.29, 1.82) is 0 Å². The highest BCUT2D eigenvalue weighted by Gasteiger charge is 2.29. The number of hydrogen-bond donors (Lipinski definition) is 1. The second-order valence-electron chi connectivity index (χ2n) is 7.47. The van der Waals surface area contributed by atoms with Crippen molar-refractivity contribution in [2.24, 2.45) is 5.92 Å². The van der Waals surface area contributed by atoms with Crippen molar-refractivity contribution in [2.45, 2.75) is 51.7 Å². The molecule has 0 radical (unpaired) electrons. The summed E-state index contributed by atoms with van der Waals surface area (Å²) in [5, 5.41) is 3.02. The van der Waals surface area contributed by atoms with Crippen LogP contribution < -0.4 is 10.1 Å². The molecule has 3 rings (SSSR count). The molecule has 1 heterocycles. The van der Waals surface area contributed by atoms with Gasteiger partial charge in [-0.15, -0.1) is 0 Å². The van der Waals surface area contributed by atoms with Gasteiger partial charge in [-0.3, -0.25) is 14.5 Å². The smallest absolute Gasteiger partial charge is 0.234 e. The second-order valence-corrected chi connectivity index (χ2v) is 7.47. The minimum absolute atomic E-state index is 0.0447. The molecule has 5 nitrogen and oxygen atoms in total. The third-order valence-electron chi connectivity index (χ3n) is 4.68. The van der Waals surface area contributed by atoms with Gasteiger partial charge in [0.2, 0.25) is 5.91 Å². The Hall–Kier alpha value is -1.88. The minimum atomic E-state index is -0.0447. The average Bonchev–Trinajstić information content (AvgIpc) is 3.38. The number of carbonyl (C=O) groups excluding carboxylic acids is 2. The third kappa shape index (κ3) is 5.30. The maximum atomic E-state index is 12.9. The average molecular weight is 344 g/mol. The van der Waals surface area contributed by atoms with Gasteiger partial charge in [0.15, 0.2) is 5.78 Å². The van der Waals surface area contributed by atoms with Crippen LogP contribution in [0.25, 0.3) is 0 Å². The van der Waals surface area contributed by atoms with Crippen LogP contribution in [0, 0.1) is 5.92 Å². The molecule has 1 saturated heterocycles. The van der Waals surface area contributed by atoms with Crippen molar-refractivity contribution in [1.82, 2.24) is 10.2 Å². The number of Topliss-reactive ketones (excluding diaryl/α,β-unsaturated/α-hetero) is 1. The number of nitrogens with one attached hydrogen (secondary N) is 1. The molecule has 2 aliphatic rings. The van der Waals surface area contributed by atoms with E-state index < -0.39 is 0 Å². The molecule has 1 aliphatic heterocycles. The third-order valence-corrected chi connectivity index (χ3v) is 4.68. The van der Waals surface area contributed by atoms with Gasteiger partial charge in [0, 0.05) is 24.1 Å². The van der Waals surface area contributed by atoms with E-state index in [-0.39, 0.29) is 23.7 Å². The molecule has 0 unspecified atom stereocenters. The zero-order valence-electron chi connectivity index (χ0n) is 15.2. The van der Waals surface area contributed by atoms with Crippen LogP contribution >= 0.6 is 0 Å². The molecule has 0 bridgehead atoms. The summed E-state index contributed by atoms with van der Waals surface area (Å²) in [6, 6.07) is 7.83. The molecule has 0 spiro atoms. The monoisotopic (exact) mass is 344 g/mol. The number of nitrogens with zero attached hydrogens (tertiary/aromatic N) is 1. The van der Waals surface area contributed by atoms with Crippen LogP contribution in [0.1, 0.15) is 49.9 Å². The van der Waals surface area contributed by atoms with Crippen molar-refractivity contribution in [2.75, 3.05) is 19.6 Å². The summed E-state index contributed by atoms with van der Waals surface area (Å²) in [5.74, 6) is 0.929. The largest absolute Gasteiger partial charge is 0.491 e. The molecule has 5 heteroatoms. The van der Waals surface area contributed by atoms with E-state index in [9.17, 15) is 9.59 Å². The molecule has 1 aromatic rings. The van der Waals surface area contributed by atoms with Gasteiger partial charge in [-0.05, 0) is 58.2 Å². The maximum absolute atomic E-state index is 12.9. The van der Waals surface area contributed by atoms with Gasteiger partial charge in [-0.25, -0.2) is 0 Å². The summed E-state index contributed by atoms with van der Waals surface area (Å²) < 4.78 is 5.69. The molecule has 1 atom stereocenters. The molecule has 1 N–H and O–H groups in total. The highest BCUT2D eigenvalue weighted by atomic mass is 16.5. The molecule has 2 fully saturated rings. The van der Waals surface area contributed by atoms with E-state index in [2.05, 4.69) is 10.2 Å². The maximum Gasteiger partial charge on any atom is 0.234 e. The van der Waals surface area contributed by atoms with Gasteiger partial charge in [0.25, 0.3) is 0 Å². The van der Waals surface area contributed by atoms with E-state index in [0.717, 1.165) is 38.0 Å². The van der Waals surface area contributed by atoms with Gasteiger partial charge in [-0.2, -0.15) is 0 Å². The van der Waals surface area contributed by atoms with Crippen molar-refractivity contribution < 1.29 is 14.3 Å². The standard InChI is InChI=1S/C20H28N2O3/c1-14(2)25-18-7-3-5-15(11-18)20(24)16-6-4-10-22(12-16)13-19(23)21-17-8-9-17/h3,5,7,11,14,16-17H,4,6,8-10,12-13H2,1-2H3,(H,21,23)/t16-/m1/s1. The quantitative estimate of drug-likeness (QED) is 0.773. The first-order chi connectivity index (χ1) is 12.0. The lowest BCUT2D eigenvalue weighted by molar-refractivity contribution is -0.122. The van der Waals surface area contributed by atoms with Gasteiger partial charge in [0.1, 0.15) is 5.75 Å². The Morgan fingerprint density at radius 1 is 1.28 bits per heavy atom. The fourth-order valence-corrected chi connectivity index (χ4v) is 3.35. The molecular formula is C20H28N2O3. The Bertz CT molecular complexity index is 625. The molecule has 136 valence electrons. The Morgan fingerprint density at radius 3 is 2.80 bits per heavy atom. The van der Waals surface area contributed by atoms with E-state index in [1.807, 2.05) is 38.1 Å². The Kier molecular flexibility index (Phi) is 5.74. The molecule has 1 aromatic carbocycles. The summed E-state index contributed by atoms with van der Waals surface area (Å²) in [6.07, 6.45) is 4.12. The van der Waals surface area contributed by atoms with Gasteiger partial charge in [0.05, 0.1) is 12.6 Å². The van der Waals surface area contributed by atoms with Crippen LogP contribution in [0.4, 0.5) is 0 Å². The SMILES string of the molecule is CC(C)Oc1cccc(C(=O)[C@@H]2CCCN(CC(=O)NC3CC3)C2)c1. The summed E-state index contributed by atoms with van der Waals surface area (Å²) in [6.45, 7) is 5.89. The summed E-state index contributed by atoms with van der Waals surface area (Å²) in [7, 11) is 0. The number of likely N-dealkylation sites (tertiary alicyclic amines) is 1. The van der Waals surface area contributed by atoms with Crippen LogP contribution in [0.3, 0.4) is 0 Å². The number of rotatable bonds is 7. The molecule has 1 saturated carbocycles. The Balaban J connectivity index is 1.58. The topological polar surface area (TPSA) is 58.6 Å². The van der Waals surface area contributed by atoms with Crippen molar-refractivity contribution >= 4 is 11.7 Å². The van der Waals surface area contributed by atoms with Crippen molar-refractivity contribution in [3.8, 4) is 5.75 Å². The lowest BCUT2D eigenvalue weighted by Gasteiger charge is -2.31. The number of piperidine rings is 1. The fraction of sp³-hybridized carbons (Fsp3) is 0.600. The summed E-state index contributed by atoms with van der Waals surface area (Å²) >= 11 is 0. The lowest BCUT2D eigenvalue weighted by Crippen LogP contribution is -2.44. The summed E-state index contributed by atoms with van der Waals surface area (Å²) in [4.78, 5) is 27.0. The molecular weight excluding hydrogens is 316 g/mol. The Morgan fingerprint density at radius 2 is 2.08 bits per heavy atom. The predicted octanol–water partition coefficient (Wildman–Crippen LogP) is 2.65. The number of benzene rings is 1. The van der Waals surface area contributed by atoms with Crippen LogP contribution in [-0.4, -0.2) is 48.4 Å². The van der Waals surface area contributed by atoms with E-state index in [4.69, 9.17) is 4.74 Å². The number of hydrogen-bond acceptors (Lipinski definition) is 4.